The van der Waals surface area contributed by atoms with Crippen LogP contribution in [0.25, 0.3) is 0 Å². The van der Waals surface area contributed by atoms with Gasteiger partial charge in [0.1, 0.15) is 6.04 Å². The Morgan fingerprint density at radius 3 is 2.68 bits per heavy atom. The lowest BCUT2D eigenvalue weighted by Crippen LogP contribution is -2.59. The van der Waals surface area contributed by atoms with E-state index in [1.54, 1.807) is 17.9 Å². The molecule has 1 fully saturated rings. The summed E-state index contributed by atoms with van der Waals surface area (Å²) in [5.41, 5.74) is 2.31. The highest BCUT2D eigenvalue weighted by molar-refractivity contribution is 5.70. The molecule has 1 saturated heterocycles. The lowest BCUT2D eigenvalue weighted by molar-refractivity contribution is 0.0831. The molecule has 4 heteroatoms. The van der Waals surface area contributed by atoms with Crippen molar-refractivity contribution in [1.82, 2.24) is 4.90 Å². The summed E-state index contributed by atoms with van der Waals surface area (Å²) in [4.78, 5) is 16.0. The fraction of sp³-hybridized carbons (Fsp3) is 0.389. The van der Waals surface area contributed by atoms with Gasteiger partial charge >= 0.3 is 6.09 Å². The Balaban J connectivity index is 2.24. The number of carbonyl (C=O) groups excluding carboxylic acids is 1. The van der Waals surface area contributed by atoms with Gasteiger partial charge in [0.25, 0.3) is 0 Å². The molecule has 0 N–H and O–H groups in total. The van der Waals surface area contributed by atoms with Crippen LogP contribution < -0.4 is 4.90 Å². The van der Waals surface area contributed by atoms with E-state index in [-0.39, 0.29) is 18.2 Å². The van der Waals surface area contributed by atoms with Crippen molar-refractivity contribution >= 4 is 11.8 Å². The summed E-state index contributed by atoms with van der Waals surface area (Å²) in [7, 11) is 0. The van der Waals surface area contributed by atoms with E-state index in [1.807, 2.05) is 0 Å². The Morgan fingerprint density at radius 1 is 1.45 bits per heavy atom. The number of hydrogen-bond donors (Lipinski definition) is 0. The van der Waals surface area contributed by atoms with Gasteiger partial charge in [0.05, 0.1) is 12.6 Å². The topological polar surface area (TPSA) is 32.8 Å². The molecule has 1 aromatic rings. The monoisotopic (exact) mass is 298 g/mol. The van der Waals surface area contributed by atoms with Gasteiger partial charge in [-0.15, -0.1) is 13.0 Å². The van der Waals surface area contributed by atoms with Crippen LogP contribution in [0.3, 0.4) is 0 Å². The molecule has 4 nitrogen and oxygen atoms in total. The molecule has 0 unspecified atom stereocenters. The number of carbonyl (C=O) groups is 1. The molecule has 0 saturated carbocycles. The Labute approximate surface area is 132 Å². The highest BCUT2D eigenvalue weighted by Crippen LogP contribution is 2.24. The Morgan fingerprint density at radius 2 is 2.14 bits per heavy atom. The molecule has 0 aromatic heterocycles. The summed E-state index contributed by atoms with van der Waals surface area (Å²) >= 11 is 0. The minimum absolute atomic E-state index is 0.171. The van der Waals surface area contributed by atoms with Gasteiger partial charge in [0.15, 0.2) is 0 Å². The first-order chi connectivity index (χ1) is 10.6. The number of terminal acetylenes is 1. The third-order valence-corrected chi connectivity index (χ3v) is 3.84. The van der Waals surface area contributed by atoms with Crippen LogP contribution in [0.5, 0.6) is 0 Å². The molecule has 22 heavy (non-hydrogen) atoms. The van der Waals surface area contributed by atoms with E-state index < -0.39 is 0 Å². The summed E-state index contributed by atoms with van der Waals surface area (Å²) in [5, 5.41) is 0. The molecule has 1 amide bonds. The number of anilines is 1. The molecule has 1 aromatic carbocycles. The molecule has 0 spiro atoms. The minimum Gasteiger partial charge on any atom is -0.450 e. The minimum atomic E-state index is -0.376. The predicted molar refractivity (Wildman–Crippen MR) is 88.9 cm³/mol. The third-order valence-electron chi connectivity index (χ3n) is 3.84. The number of hydrogen-bond acceptors (Lipinski definition) is 3. The van der Waals surface area contributed by atoms with Crippen molar-refractivity contribution in [1.29, 1.82) is 0 Å². The predicted octanol–water partition coefficient (Wildman–Crippen LogP) is 2.83. The van der Waals surface area contributed by atoms with Crippen molar-refractivity contribution in [3.63, 3.8) is 0 Å². The van der Waals surface area contributed by atoms with Crippen LogP contribution in [0, 0.1) is 19.3 Å². The first-order valence-electron chi connectivity index (χ1n) is 7.46. The maximum absolute atomic E-state index is 12.2. The number of piperazine rings is 1. The smallest absolute Gasteiger partial charge is 0.411 e. The SMILES string of the molecule is C#C[C@@H]1CN(c2ccc(C)cc2)C[C@H](C=C)N1C(=O)OCC. The van der Waals surface area contributed by atoms with Gasteiger partial charge in [0, 0.05) is 18.8 Å². The summed E-state index contributed by atoms with van der Waals surface area (Å²) in [6.45, 7) is 9.26. The van der Waals surface area contributed by atoms with Crippen LogP contribution >= 0.6 is 0 Å². The molecule has 1 heterocycles. The van der Waals surface area contributed by atoms with E-state index >= 15 is 0 Å². The van der Waals surface area contributed by atoms with E-state index in [0.29, 0.717) is 19.7 Å². The van der Waals surface area contributed by atoms with Crippen molar-refractivity contribution in [3.05, 3.63) is 42.5 Å². The van der Waals surface area contributed by atoms with Gasteiger partial charge in [-0.3, -0.25) is 4.90 Å². The van der Waals surface area contributed by atoms with Gasteiger partial charge in [0.2, 0.25) is 0 Å². The molecule has 2 rings (SSSR count). The second-order valence-corrected chi connectivity index (χ2v) is 5.33. The van der Waals surface area contributed by atoms with Crippen LogP contribution in [0.4, 0.5) is 10.5 Å². The Bertz CT molecular complexity index is 574. The average molecular weight is 298 g/mol. The first-order valence-corrected chi connectivity index (χ1v) is 7.46. The highest BCUT2D eigenvalue weighted by atomic mass is 16.6. The fourth-order valence-corrected chi connectivity index (χ4v) is 2.66. The quantitative estimate of drug-likeness (QED) is 0.635. The second kappa shape index (κ2) is 7.04. The zero-order valence-corrected chi connectivity index (χ0v) is 13.2. The summed E-state index contributed by atoms with van der Waals surface area (Å²) in [5.74, 6) is 2.70. The van der Waals surface area contributed by atoms with Gasteiger partial charge < -0.3 is 9.64 Å². The first kappa shape index (κ1) is 16.0. The van der Waals surface area contributed by atoms with Crippen LogP contribution in [0.2, 0.25) is 0 Å². The maximum atomic E-state index is 12.2. The van der Waals surface area contributed by atoms with Crippen molar-refractivity contribution in [2.45, 2.75) is 25.9 Å². The van der Waals surface area contributed by atoms with Crippen molar-refractivity contribution in [2.24, 2.45) is 0 Å². The molecule has 0 bridgehead atoms. The average Bonchev–Trinajstić information content (AvgIpc) is 2.54. The molecule has 1 aliphatic rings. The zero-order valence-electron chi connectivity index (χ0n) is 13.2. The molecule has 0 radical (unpaired) electrons. The van der Waals surface area contributed by atoms with E-state index in [9.17, 15) is 4.79 Å². The van der Waals surface area contributed by atoms with Gasteiger partial charge in [-0.25, -0.2) is 4.79 Å². The molecule has 1 aliphatic heterocycles. The number of nitrogens with zero attached hydrogens (tertiary/aromatic N) is 2. The van der Waals surface area contributed by atoms with Gasteiger partial charge in [-0.1, -0.05) is 29.7 Å². The Kier molecular flexibility index (Phi) is 5.11. The van der Waals surface area contributed by atoms with Crippen LogP contribution in [0.15, 0.2) is 36.9 Å². The molecule has 0 aliphatic carbocycles. The summed E-state index contributed by atoms with van der Waals surface area (Å²) in [6, 6.07) is 7.78. The molecule has 2 atom stereocenters. The third kappa shape index (κ3) is 3.25. The largest absolute Gasteiger partial charge is 0.450 e. The van der Waals surface area contributed by atoms with Crippen LogP contribution in [-0.2, 0) is 4.74 Å². The standard InChI is InChI=1S/C18H22N2O2/c1-5-15-12-19(17-10-8-14(4)9-11-17)13-16(6-2)20(15)18(21)22-7-3/h1,6,8-11,15-16H,2,7,12-13H2,3-4H3/t15-,16+/m1/s1. The van der Waals surface area contributed by atoms with Gasteiger partial charge in [-0.2, -0.15) is 0 Å². The normalized spacial score (nSPS) is 21.1. The lowest BCUT2D eigenvalue weighted by atomic mass is 10.1. The van der Waals surface area contributed by atoms with E-state index in [1.165, 1.54) is 5.56 Å². The van der Waals surface area contributed by atoms with E-state index in [4.69, 9.17) is 11.2 Å². The molecular formula is C18H22N2O2. The Hall–Kier alpha value is -2.41. The lowest BCUT2D eigenvalue weighted by Gasteiger charge is -2.44. The highest BCUT2D eigenvalue weighted by Gasteiger charge is 2.36. The molecule has 116 valence electrons. The zero-order chi connectivity index (χ0) is 16.1. The molecular weight excluding hydrogens is 276 g/mol. The number of rotatable bonds is 3. The fourth-order valence-electron chi connectivity index (χ4n) is 2.66. The van der Waals surface area contributed by atoms with Crippen molar-refractivity contribution in [2.75, 3.05) is 24.6 Å². The maximum Gasteiger partial charge on any atom is 0.411 e. The van der Waals surface area contributed by atoms with Gasteiger partial charge in [-0.05, 0) is 26.0 Å². The second-order valence-electron chi connectivity index (χ2n) is 5.33. The van der Waals surface area contributed by atoms with E-state index in [2.05, 4.69) is 48.6 Å². The van der Waals surface area contributed by atoms with E-state index in [0.717, 1.165) is 5.69 Å². The number of ether oxygens (including phenoxy) is 1. The van der Waals surface area contributed by atoms with Crippen LogP contribution in [0.1, 0.15) is 12.5 Å². The van der Waals surface area contributed by atoms with Crippen LogP contribution in [-0.4, -0.2) is 42.8 Å². The summed E-state index contributed by atoms with van der Waals surface area (Å²) < 4.78 is 5.13. The van der Waals surface area contributed by atoms with Crippen molar-refractivity contribution < 1.29 is 9.53 Å². The summed E-state index contributed by atoms with van der Waals surface area (Å²) in [6.07, 6.45) is 7.02. The number of amides is 1. The number of aryl methyl sites for hydroxylation is 1. The number of benzene rings is 1. The van der Waals surface area contributed by atoms with Crippen molar-refractivity contribution in [3.8, 4) is 12.3 Å².